The molecule has 1 fully saturated rings. The molecule has 4 N–H and O–H groups in total. The van der Waals surface area contributed by atoms with E-state index >= 15 is 0 Å². The van der Waals surface area contributed by atoms with E-state index < -0.39 is 51.6 Å². The van der Waals surface area contributed by atoms with E-state index in [0.717, 1.165) is 10.9 Å². The summed E-state index contributed by atoms with van der Waals surface area (Å²) < 4.78 is 58.2. The van der Waals surface area contributed by atoms with Crippen LogP contribution in [-0.4, -0.2) is 66.6 Å². The summed E-state index contributed by atoms with van der Waals surface area (Å²) in [6.45, 7) is -0.832. The van der Waals surface area contributed by atoms with E-state index in [4.69, 9.17) is 10.5 Å². The number of phosphoric acid groups is 1. The van der Waals surface area contributed by atoms with Crippen molar-refractivity contribution in [1.29, 1.82) is 0 Å². The fourth-order valence-corrected chi connectivity index (χ4v) is 3.85. The molecular formula is C13H15F3N5Na2O7PS. The molecule has 3 rings (SSSR count). The molecule has 12 nitrogen and oxygen atoms in total. The molecule has 168 valence electrons. The summed E-state index contributed by atoms with van der Waals surface area (Å²) in [5, 5.41) is 20.2. The van der Waals surface area contributed by atoms with Gasteiger partial charge in [0.25, 0.3) is 0 Å². The average molecular weight is 519 g/mol. The maximum absolute atomic E-state index is 12.3. The smallest absolute Gasteiger partial charge is 0.790 e. The van der Waals surface area contributed by atoms with Crippen LogP contribution in [0.4, 0.5) is 19.0 Å². The quantitative estimate of drug-likeness (QED) is 0.136. The molecule has 0 aliphatic carbocycles. The zero-order valence-corrected chi connectivity index (χ0v) is 22.5. The van der Waals surface area contributed by atoms with Crippen LogP contribution in [0.15, 0.2) is 11.5 Å². The third-order valence-electron chi connectivity index (χ3n) is 4.05. The van der Waals surface area contributed by atoms with Crippen molar-refractivity contribution in [2.45, 2.75) is 42.3 Å². The first-order chi connectivity index (χ1) is 13.9. The molecule has 2 aromatic heterocycles. The Morgan fingerprint density at radius 3 is 2.53 bits per heavy atom. The molecule has 0 aromatic carbocycles. The van der Waals surface area contributed by atoms with E-state index in [0.29, 0.717) is 11.8 Å². The summed E-state index contributed by atoms with van der Waals surface area (Å²) in [4.78, 5) is 33.2. The van der Waals surface area contributed by atoms with Gasteiger partial charge in [-0.05, 0) is 0 Å². The summed E-state index contributed by atoms with van der Waals surface area (Å²) in [6, 6.07) is 0. The third-order valence-corrected chi connectivity index (χ3v) is 5.37. The number of alkyl halides is 3. The van der Waals surface area contributed by atoms with Gasteiger partial charge in [-0.25, -0.2) is 15.0 Å². The Bertz CT molecular complexity index is 968. The Morgan fingerprint density at radius 2 is 1.94 bits per heavy atom. The topological polar surface area (TPSA) is 192 Å². The minimum absolute atomic E-state index is 0. The number of aliphatic hydroxyl groups is 2. The van der Waals surface area contributed by atoms with Gasteiger partial charge in [0.05, 0.1) is 27.2 Å². The zero-order chi connectivity index (χ0) is 22.3. The Morgan fingerprint density at radius 1 is 1.28 bits per heavy atom. The van der Waals surface area contributed by atoms with Gasteiger partial charge in [0.15, 0.2) is 22.8 Å². The molecule has 0 radical (unpaired) electrons. The van der Waals surface area contributed by atoms with Crippen molar-refractivity contribution in [3.05, 3.63) is 6.33 Å². The predicted octanol–water partition coefficient (Wildman–Crippen LogP) is -7.07. The number of ether oxygens (including phenoxy) is 1. The van der Waals surface area contributed by atoms with Crippen molar-refractivity contribution in [2.24, 2.45) is 0 Å². The fourth-order valence-electron chi connectivity index (χ4n) is 2.69. The number of nitrogen functional groups attached to an aromatic ring is 1. The Hall–Kier alpha value is 0.480. The van der Waals surface area contributed by atoms with Crippen molar-refractivity contribution in [1.82, 2.24) is 19.5 Å². The van der Waals surface area contributed by atoms with Crippen LogP contribution in [0.25, 0.3) is 11.2 Å². The molecule has 1 aliphatic rings. The molecule has 0 amide bonds. The number of imidazole rings is 1. The number of aromatic nitrogens is 4. The summed E-state index contributed by atoms with van der Waals surface area (Å²) in [6.07, 6.45) is -10.2. The molecule has 4 atom stereocenters. The van der Waals surface area contributed by atoms with Gasteiger partial charge >= 0.3 is 65.3 Å². The number of nitrogens with two attached hydrogens (primary N) is 1. The minimum atomic E-state index is -5.33. The number of anilines is 1. The normalized spacial score (nSPS) is 23.7. The molecule has 0 bridgehead atoms. The molecule has 32 heavy (non-hydrogen) atoms. The van der Waals surface area contributed by atoms with Crippen LogP contribution in [0.3, 0.4) is 0 Å². The second-order valence-corrected chi connectivity index (χ2v) is 8.43. The Labute approximate surface area is 227 Å². The number of fused-ring (bicyclic) bond motifs is 1. The number of rotatable bonds is 7. The van der Waals surface area contributed by atoms with Crippen molar-refractivity contribution >= 4 is 36.6 Å². The van der Waals surface area contributed by atoms with Gasteiger partial charge in [-0.1, -0.05) is 11.8 Å². The number of aliphatic hydroxyl groups excluding tert-OH is 2. The van der Waals surface area contributed by atoms with Crippen LogP contribution in [0.1, 0.15) is 12.6 Å². The van der Waals surface area contributed by atoms with E-state index in [1.54, 1.807) is 0 Å². The van der Waals surface area contributed by atoms with E-state index in [-0.39, 0.29) is 87.0 Å². The SMILES string of the molecule is Nc1nc(SCCC(F)(F)F)nc2c1ncn2[C@@H]1O[C@H](COP(=O)([O-])[O-])[C@@H](O)[C@H]1O.[Na+].[Na+]. The zero-order valence-electron chi connectivity index (χ0n) is 16.8. The van der Waals surface area contributed by atoms with Gasteiger partial charge in [-0.2, -0.15) is 13.2 Å². The van der Waals surface area contributed by atoms with Crippen LogP contribution < -0.4 is 74.6 Å². The fraction of sp³-hybridized carbons (Fsp3) is 0.615. The van der Waals surface area contributed by atoms with Gasteiger partial charge in [0, 0.05) is 5.75 Å². The van der Waals surface area contributed by atoms with Gasteiger partial charge in [-0.3, -0.25) is 4.57 Å². The van der Waals surface area contributed by atoms with E-state index in [1.807, 2.05) is 0 Å². The molecule has 0 saturated carbocycles. The van der Waals surface area contributed by atoms with Gasteiger partial charge in [-0.15, -0.1) is 0 Å². The molecular weight excluding hydrogens is 504 g/mol. The summed E-state index contributed by atoms with van der Waals surface area (Å²) >= 11 is 0.707. The van der Waals surface area contributed by atoms with Crippen molar-refractivity contribution in [2.75, 3.05) is 18.1 Å². The molecule has 0 spiro atoms. The second-order valence-electron chi connectivity index (χ2n) is 6.22. The molecule has 0 unspecified atom stereocenters. The van der Waals surface area contributed by atoms with Crippen LogP contribution in [-0.2, 0) is 13.8 Å². The number of hydrogen-bond donors (Lipinski definition) is 3. The maximum atomic E-state index is 12.3. The second kappa shape index (κ2) is 11.9. The van der Waals surface area contributed by atoms with Gasteiger partial charge in [0.1, 0.15) is 23.8 Å². The first kappa shape index (κ1) is 30.5. The van der Waals surface area contributed by atoms with E-state index in [2.05, 4.69) is 19.5 Å². The predicted molar refractivity (Wildman–Crippen MR) is 90.6 cm³/mol. The minimum Gasteiger partial charge on any atom is -0.790 e. The van der Waals surface area contributed by atoms with Crippen LogP contribution >= 0.6 is 19.6 Å². The molecule has 1 saturated heterocycles. The largest absolute Gasteiger partial charge is 1.00 e. The molecule has 19 heteroatoms. The number of hydrogen-bond acceptors (Lipinski definition) is 12. The summed E-state index contributed by atoms with van der Waals surface area (Å²) in [5.74, 6) is -0.479. The number of phosphoric ester groups is 1. The molecule has 2 aromatic rings. The molecule has 3 heterocycles. The molecule has 1 aliphatic heterocycles. The van der Waals surface area contributed by atoms with Crippen LogP contribution in [0.2, 0.25) is 0 Å². The first-order valence-corrected chi connectivity index (χ1v) is 10.7. The Balaban J connectivity index is 0.00000256. The summed E-state index contributed by atoms with van der Waals surface area (Å²) in [7, 11) is -5.33. The standard InChI is InChI=1S/C13H17F3N5O7PS.2Na/c14-13(15,16)1-2-30-12-19-9(17)6-10(20-12)21(4-18-6)11-8(23)7(22)5(28-11)3-27-29(24,25)26;;/h4-5,7-8,11,22-23H,1-3H2,(H2,17,19,20)(H2,24,25,26);;/q;2*+1/p-2/t5-,7-,8-,11-;;/m1../s1. The van der Waals surface area contributed by atoms with Crippen molar-refractivity contribution in [3.63, 3.8) is 0 Å². The summed E-state index contributed by atoms with van der Waals surface area (Å²) in [5.41, 5.74) is 5.86. The third kappa shape index (κ3) is 7.75. The van der Waals surface area contributed by atoms with E-state index in [1.165, 1.54) is 0 Å². The van der Waals surface area contributed by atoms with Gasteiger partial charge in [0.2, 0.25) is 0 Å². The average Bonchev–Trinajstić information content (AvgIpc) is 3.14. The van der Waals surface area contributed by atoms with Crippen molar-refractivity contribution < 1.29 is 106 Å². The Kier molecular flexibility index (Phi) is 11.4. The van der Waals surface area contributed by atoms with Crippen molar-refractivity contribution in [3.8, 4) is 0 Å². The van der Waals surface area contributed by atoms with Gasteiger partial charge < -0.3 is 39.6 Å². The van der Waals surface area contributed by atoms with E-state index in [9.17, 15) is 37.7 Å². The van der Waals surface area contributed by atoms with Crippen LogP contribution in [0, 0.1) is 0 Å². The first-order valence-electron chi connectivity index (χ1n) is 8.23. The van der Waals surface area contributed by atoms with Crippen LogP contribution in [0.5, 0.6) is 0 Å². The number of halogens is 3. The monoisotopic (exact) mass is 519 g/mol. The number of thioether (sulfide) groups is 1. The number of nitrogens with zero attached hydrogens (tertiary/aromatic N) is 4. The maximum Gasteiger partial charge on any atom is 1.00 e.